The van der Waals surface area contributed by atoms with Crippen molar-refractivity contribution in [2.24, 2.45) is 0 Å². The second-order valence-electron chi connectivity index (χ2n) is 5.89. The first kappa shape index (κ1) is 15.0. The van der Waals surface area contributed by atoms with Crippen LogP contribution >= 0.6 is 0 Å². The van der Waals surface area contributed by atoms with Gasteiger partial charge in [0.2, 0.25) is 5.91 Å². The average Bonchev–Trinajstić information content (AvgIpc) is 2.39. The van der Waals surface area contributed by atoms with Crippen LogP contribution in [0.25, 0.3) is 0 Å². The smallest absolute Gasteiger partial charge is 0.242 e. The molecule has 0 spiro atoms. The molecule has 4 nitrogen and oxygen atoms in total. The van der Waals surface area contributed by atoms with Crippen molar-refractivity contribution in [3.05, 3.63) is 35.9 Å². The van der Waals surface area contributed by atoms with Crippen molar-refractivity contribution in [1.29, 1.82) is 0 Å². The minimum absolute atomic E-state index is 0.0986. The molecule has 0 bridgehead atoms. The molecule has 0 radical (unpaired) electrons. The van der Waals surface area contributed by atoms with Crippen LogP contribution in [-0.2, 0) is 4.79 Å². The maximum atomic E-state index is 12.6. The van der Waals surface area contributed by atoms with Gasteiger partial charge in [-0.1, -0.05) is 30.3 Å². The van der Waals surface area contributed by atoms with Crippen LogP contribution in [0.3, 0.4) is 0 Å². The molecule has 4 heteroatoms. The van der Waals surface area contributed by atoms with Gasteiger partial charge in [-0.3, -0.25) is 9.69 Å². The first-order chi connectivity index (χ1) is 9.58. The number of likely N-dealkylation sites (tertiary alicyclic amines) is 1. The van der Waals surface area contributed by atoms with Gasteiger partial charge < -0.3 is 10.2 Å². The standard InChI is InChI=1S/C16H25N3O/c1-18(2)15(13-8-5-4-6-9-13)16(20)17-14-10-7-11-19(3)12-14/h4-6,8-9,14-15H,7,10-12H2,1-3H3,(H,17,20)/t14-,15-/m1/s1. The van der Waals surface area contributed by atoms with E-state index in [1.807, 2.05) is 49.3 Å². The molecule has 1 N–H and O–H groups in total. The lowest BCUT2D eigenvalue weighted by Gasteiger charge is -2.32. The van der Waals surface area contributed by atoms with Gasteiger partial charge in [-0.25, -0.2) is 0 Å². The summed E-state index contributed by atoms with van der Waals surface area (Å²) in [6.07, 6.45) is 2.23. The summed E-state index contributed by atoms with van der Waals surface area (Å²) in [6.45, 7) is 2.07. The highest BCUT2D eigenvalue weighted by molar-refractivity contribution is 5.83. The van der Waals surface area contributed by atoms with E-state index in [2.05, 4.69) is 17.3 Å². The number of amides is 1. The zero-order valence-corrected chi connectivity index (χ0v) is 12.7. The molecule has 0 unspecified atom stereocenters. The summed E-state index contributed by atoms with van der Waals surface area (Å²) in [5.74, 6) is 0.0986. The van der Waals surface area contributed by atoms with E-state index in [9.17, 15) is 4.79 Å². The van der Waals surface area contributed by atoms with E-state index in [4.69, 9.17) is 0 Å². The first-order valence-electron chi connectivity index (χ1n) is 7.28. The van der Waals surface area contributed by atoms with Gasteiger partial charge in [0, 0.05) is 12.6 Å². The van der Waals surface area contributed by atoms with Gasteiger partial charge >= 0.3 is 0 Å². The Kier molecular flexibility index (Phi) is 5.15. The monoisotopic (exact) mass is 275 g/mol. The van der Waals surface area contributed by atoms with Gasteiger partial charge in [-0.05, 0) is 46.1 Å². The quantitative estimate of drug-likeness (QED) is 0.904. The van der Waals surface area contributed by atoms with E-state index in [1.54, 1.807) is 0 Å². The van der Waals surface area contributed by atoms with Crippen LogP contribution in [0.2, 0.25) is 0 Å². The van der Waals surface area contributed by atoms with Crippen molar-refractivity contribution >= 4 is 5.91 Å². The molecule has 1 heterocycles. The van der Waals surface area contributed by atoms with E-state index in [0.717, 1.165) is 31.5 Å². The molecule has 1 saturated heterocycles. The van der Waals surface area contributed by atoms with Gasteiger partial charge in [0.05, 0.1) is 0 Å². The fourth-order valence-electron chi connectivity index (χ4n) is 2.88. The average molecular weight is 275 g/mol. The second-order valence-corrected chi connectivity index (χ2v) is 5.89. The third kappa shape index (κ3) is 3.81. The number of benzene rings is 1. The minimum Gasteiger partial charge on any atom is -0.350 e. The maximum Gasteiger partial charge on any atom is 0.242 e. The molecule has 0 aromatic heterocycles. The number of carbonyl (C=O) groups is 1. The Labute approximate surface area is 121 Å². The lowest BCUT2D eigenvalue weighted by Crippen LogP contribution is -2.49. The van der Waals surface area contributed by atoms with Crippen LogP contribution < -0.4 is 5.32 Å². The van der Waals surface area contributed by atoms with E-state index < -0.39 is 0 Å². The Hall–Kier alpha value is -1.39. The topological polar surface area (TPSA) is 35.6 Å². The molecule has 2 atom stereocenters. The lowest BCUT2D eigenvalue weighted by atomic mass is 10.0. The number of likely N-dealkylation sites (N-methyl/N-ethyl adjacent to an activating group) is 2. The van der Waals surface area contributed by atoms with Crippen LogP contribution in [0.15, 0.2) is 30.3 Å². The summed E-state index contributed by atoms with van der Waals surface area (Å²) in [7, 11) is 6.01. The Balaban J connectivity index is 2.04. The largest absolute Gasteiger partial charge is 0.350 e. The van der Waals surface area contributed by atoms with Crippen LogP contribution in [0.5, 0.6) is 0 Å². The fraction of sp³-hybridized carbons (Fsp3) is 0.562. The summed E-state index contributed by atoms with van der Waals surface area (Å²) in [5.41, 5.74) is 1.04. The van der Waals surface area contributed by atoms with Gasteiger partial charge in [0.1, 0.15) is 6.04 Å². The van der Waals surface area contributed by atoms with E-state index in [0.29, 0.717) is 0 Å². The van der Waals surface area contributed by atoms with Crippen LogP contribution in [0.4, 0.5) is 0 Å². The Morgan fingerprint density at radius 2 is 2.05 bits per heavy atom. The van der Waals surface area contributed by atoms with Crippen LogP contribution in [0.1, 0.15) is 24.4 Å². The van der Waals surface area contributed by atoms with Crippen molar-refractivity contribution in [2.45, 2.75) is 24.9 Å². The number of nitrogens with one attached hydrogen (secondary N) is 1. The number of hydrogen-bond acceptors (Lipinski definition) is 3. The summed E-state index contributed by atoms with van der Waals surface area (Å²) in [5, 5.41) is 3.21. The summed E-state index contributed by atoms with van der Waals surface area (Å²) < 4.78 is 0. The highest BCUT2D eigenvalue weighted by atomic mass is 16.2. The van der Waals surface area contributed by atoms with Crippen LogP contribution in [0, 0.1) is 0 Å². The van der Waals surface area contributed by atoms with E-state index in [-0.39, 0.29) is 18.0 Å². The molecule has 2 rings (SSSR count). The van der Waals surface area contributed by atoms with Crippen molar-refractivity contribution < 1.29 is 4.79 Å². The molecular weight excluding hydrogens is 250 g/mol. The third-order valence-corrected chi connectivity index (χ3v) is 3.85. The predicted octanol–water partition coefficient (Wildman–Crippen LogP) is 1.50. The predicted molar refractivity (Wildman–Crippen MR) is 81.5 cm³/mol. The highest BCUT2D eigenvalue weighted by Crippen LogP contribution is 2.19. The molecule has 1 aromatic rings. The summed E-state index contributed by atoms with van der Waals surface area (Å²) >= 11 is 0. The molecule has 1 aliphatic rings. The third-order valence-electron chi connectivity index (χ3n) is 3.85. The normalized spacial score (nSPS) is 21.7. The highest BCUT2D eigenvalue weighted by Gasteiger charge is 2.26. The SMILES string of the molecule is CN1CCC[C@@H](NC(=O)[C@@H](c2ccccc2)N(C)C)C1. The molecule has 1 aromatic carbocycles. The minimum atomic E-state index is -0.219. The molecule has 1 amide bonds. The molecule has 0 aliphatic carbocycles. The maximum absolute atomic E-state index is 12.6. The van der Waals surface area contributed by atoms with Gasteiger partial charge in [0.25, 0.3) is 0 Å². The van der Waals surface area contributed by atoms with Crippen molar-refractivity contribution in [1.82, 2.24) is 15.1 Å². The molecule has 1 aliphatic heterocycles. The molecule has 0 saturated carbocycles. The van der Waals surface area contributed by atoms with Crippen LogP contribution in [-0.4, -0.2) is 56.0 Å². The van der Waals surface area contributed by atoms with Gasteiger partial charge in [0.15, 0.2) is 0 Å². The number of piperidine rings is 1. The number of hydrogen-bond donors (Lipinski definition) is 1. The van der Waals surface area contributed by atoms with Gasteiger partial charge in [-0.15, -0.1) is 0 Å². The fourth-order valence-corrected chi connectivity index (χ4v) is 2.88. The summed E-state index contributed by atoms with van der Waals surface area (Å²) in [6, 6.07) is 10.0. The van der Waals surface area contributed by atoms with Crippen molar-refractivity contribution in [3.8, 4) is 0 Å². The molecule has 110 valence electrons. The van der Waals surface area contributed by atoms with Crippen molar-refractivity contribution in [2.75, 3.05) is 34.2 Å². The lowest BCUT2D eigenvalue weighted by molar-refractivity contribution is -0.126. The summed E-state index contributed by atoms with van der Waals surface area (Å²) in [4.78, 5) is 16.8. The Morgan fingerprint density at radius 1 is 1.35 bits per heavy atom. The Morgan fingerprint density at radius 3 is 2.65 bits per heavy atom. The van der Waals surface area contributed by atoms with E-state index >= 15 is 0 Å². The number of carbonyl (C=O) groups excluding carboxylic acids is 1. The van der Waals surface area contributed by atoms with Gasteiger partial charge in [-0.2, -0.15) is 0 Å². The zero-order chi connectivity index (χ0) is 14.5. The Bertz CT molecular complexity index is 433. The zero-order valence-electron chi connectivity index (χ0n) is 12.7. The molecule has 20 heavy (non-hydrogen) atoms. The second kappa shape index (κ2) is 6.86. The molecular formula is C16H25N3O. The number of rotatable bonds is 4. The molecule has 1 fully saturated rings. The number of nitrogens with zero attached hydrogens (tertiary/aromatic N) is 2. The van der Waals surface area contributed by atoms with Crippen molar-refractivity contribution in [3.63, 3.8) is 0 Å². The first-order valence-corrected chi connectivity index (χ1v) is 7.28. The van der Waals surface area contributed by atoms with E-state index in [1.165, 1.54) is 0 Å².